The van der Waals surface area contributed by atoms with Gasteiger partial charge in [0, 0.05) is 37.0 Å². The van der Waals surface area contributed by atoms with Crippen molar-refractivity contribution in [2.75, 3.05) is 0 Å². The van der Waals surface area contributed by atoms with Crippen molar-refractivity contribution in [1.82, 2.24) is 4.57 Å². The molecule has 2 aliphatic rings. The van der Waals surface area contributed by atoms with Crippen LogP contribution in [0.25, 0.3) is 71.7 Å². The van der Waals surface area contributed by atoms with Crippen LogP contribution in [-0.2, 0) is 0 Å². The van der Waals surface area contributed by atoms with Crippen LogP contribution in [-0.4, -0.2) is 9.84 Å². The van der Waals surface area contributed by atoms with E-state index in [1.54, 1.807) is 0 Å². The third-order valence-corrected chi connectivity index (χ3v) is 11.4. The molecule has 10 rings (SSSR count). The van der Waals surface area contributed by atoms with E-state index < -0.39 is 0 Å². The molecule has 6 aromatic carbocycles. The zero-order chi connectivity index (χ0) is 26.7. The molecule has 2 aliphatic heterocycles. The van der Waals surface area contributed by atoms with Crippen LogP contribution in [0.4, 0.5) is 0 Å². The number of fused-ring (bicyclic) bond motifs is 11. The Morgan fingerprint density at radius 3 is 1.90 bits per heavy atom. The summed E-state index contributed by atoms with van der Waals surface area (Å²) >= 11 is 3.97. The molecule has 2 nitrogen and oxygen atoms in total. The van der Waals surface area contributed by atoms with Crippen molar-refractivity contribution < 1.29 is 4.42 Å². The third kappa shape index (κ3) is 2.97. The molecule has 0 bridgehead atoms. The van der Waals surface area contributed by atoms with Crippen LogP contribution in [0.5, 0.6) is 0 Å². The molecule has 8 aromatic rings. The van der Waals surface area contributed by atoms with Crippen LogP contribution in [0.2, 0.25) is 0 Å². The molecule has 0 atom stereocenters. The van der Waals surface area contributed by atoms with Gasteiger partial charge in [0.05, 0.1) is 11.0 Å². The van der Waals surface area contributed by atoms with E-state index >= 15 is 0 Å². The molecule has 0 radical (unpaired) electrons. The summed E-state index contributed by atoms with van der Waals surface area (Å²) in [7, 11) is 0. The molecule has 2 aromatic heterocycles. The van der Waals surface area contributed by atoms with Crippen LogP contribution >= 0.6 is 23.2 Å². The Labute approximate surface area is 244 Å². The number of aromatic nitrogens is 1. The van der Waals surface area contributed by atoms with Gasteiger partial charge in [-0.2, -0.15) is 23.2 Å². The van der Waals surface area contributed by atoms with E-state index in [4.69, 9.17) is 4.42 Å². The molecular weight excluding hydrogens is 537 g/mol. The first-order valence-electron chi connectivity index (χ1n) is 13.9. The maximum Gasteiger partial charge on any atom is 0.318 e. The first-order valence-corrected chi connectivity index (χ1v) is 15.6. The monoisotopic (exact) mass is 557 g/mol. The largest absolute Gasteiger partial charge is 0.454 e. The Morgan fingerprint density at radius 2 is 1.15 bits per heavy atom. The summed E-state index contributed by atoms with van der Waals surface area (Å²) in [5.74, 6) is 0. The summed E-state index contributed by atoms with van der Waals surface area (Å²) in [5.41, 5.74) is 12.1. The number of nitrogens with zero attached hydrogens (tertiary/aromatic N) is 1. The van der Waals surface area contributed by atoms with Gasteiger partial charge in [0.1, 0.15) is 5.58 Å². The quantitative estimate of drug-likeness (QED) is 0.187. The van der Waals surface area contributed by atoms with Crippen molar-refractivity contribution in [2.45, 2.75) is 9.79 Å². The van der Waals surface area contributed by atoms with Gasteiger partial charge >= 0.3 is 5.27 Å². The number of rotatable bonds is 1. The summed E-state index contributed by atoms with van der Waals surface area (Å²) in [6.45, 7) is 0. The maximum atomic E-state index is 6.64. The van der Waals surface area contributed by atoms with Crippen LogP contribution in [0, 0.1) is 0 Å². The minimum atomic E-state index is 0.332. The first kappa shape index (κ1) is 22.4. The van der Waals surface area contributed by atoms with Gasteiger partial charge in [-0.25, -0.2) is 0 Å². The van der Waals surface area contributed by atoms with E-state index in [2.05, 4.69) is 120 Å². The van der Waals surface area contributed by atoms with Gasteiger partial charge in [0.25, 0.3) is 0 Å². The lowest BCUT2D eigenvalue weighted by molar-refractivity contribution is 0.671. The van der Waals surface area contributed by atoms with Gasteiger partial charge in [0.15, 0.2) is 5.58 Å². The average molecular weight is 558 g/mol. The van der Waals surface area contributed by atoms with Gasteiger partial charge < -0.3 is 8.98 Å². The minimum absolute atomic E-state index is 0.332. The van der Waals surface area contributed by atoms with Crippen LogP contribution in [0.3, 0.4) is 0 Å². The second kappa shape index (κ2) is 8.13. The number of hydrogen-bond acceptors (Lipinski definition) is 3. The lowest BCUT2D eigenvalue weighted by Gasteiger charge is -2.32. The predicted molar refractivity (Wildman–Crippen MR) is 176 cm³/mol. The number of hydrogen-bond donors (Lipinski definition) is 0. The Morgan fingerprint density at radius 1 is 0.537 bits per heavy atom. The van der Waals surface area contributed by atoms with Gasteiger partial charge in [-0.1, -0.05) is 78.9 Å². The topological polar surface area (TPSA) is 18.1 Å². The highest BCUT2D eigenvalue weighted by atomic mass is 32.2. The van der Waals surface area contributed by atoms with E-state index in [9.17, 15) is 0 Å². The summed E-state index contributed by atoms with van der Waals surface area (Å²) in [5, 5.41) is 5.09. The molecule has 0 amide bonds. The van der Waals surface area contributed by atoms with Crippen LogP contribution in [0.15, 0.2) is 136 Å². The zero-order valence-electron chi connectivity index (χ0n) is 21.8. The molecule has 0 fully saturated rings. The highest BCUT2D eigenvalue weighted by Gasteiger charge is 2.37. The minimum Gasteiger partial charge on any atom is -0.454 e. The fourth-order valence-corrected chi connectivity index (χ4v) is 9.87. The molecule has 0 N–H and O–H groups in total. The Hall–Kier alpha value is -4.32. The molecule has 5 heteroatoms. The van der Waals surface area contributed by atoms with E-state index in [1.807, 2.05) is 29.3 Å². The standard InChI is InChI=1S/C36H20BNOS2/c1-5-13-30-22(9-1)26-17-18-27-23-10-2-6-14-31(23)39-36(27)35(26)38(30)21-19-28-24-11-3-7-15-32(24)40-37-34(28)29(20-21)25-12-4-8-16-33(25)41-37/h1-20H. The second-order valence-electron chi connectivity index (χ2n) is 10.8. The summed E-state index contributed by atoms with van der Waals surface area (Å²) in [6.07, 6.45) is 0. The summed E-state index contributed by atoms with van der Waals surface area (Å²) in [4.78, 5) is 2.70. The molecule has 190 valence electrons. The fraction of sp³-hybridized carbons (Fsp3) is 0. The van der Waals surface area contributed by atoms with Gasteiger partial charge in [-0.05, 0) is 70.2 Å². The van der Waals surface area contributed by atoms with E-state index in [0.717, 1.165) is 27.5 Å². The third-order valence-electron chi connectivity index (χ3n) is 8.66. The van der Waals surface area contributed by atoms with Crippen molar-refractivity contribution in [2.24, 2.45) is 0 Å². The Balaban J connectivity index is 1.39. The SMILES string of the molecule is c1ccc2c(c1)SB1Sc3ccccc3-c3cc(-n4c5ccccc5c5ccc6c7ccccc7oc6c54)cc-2c31. The van der Waals surface area contributed by atoms with Crippen molar-refractivity contribution in [3.63, 3.8) is 0 Å². The Bertz CT molecular complexity index is 2330. The lowest BCUT2D eigenvalue weighted by Crippen LogP contribution is -2.33. The zero-order valence-corrected chi connectivity index (χ0v) is 23.4. The lowest BCUT2D eigenvalue weighted by atomic mass is 9.77. The predicted octanol–water partition coefficient (Wildman–Crippen LogP) is 9.92. The number of benzene rings is 6. The summed E-state index contributed by atoms with van der Waals surface area (Å²) in [6, 6.07) is 44.2. The van der Waals surface area contributed by atoms with Gasteiger partial charge in [-0.15, -0.1) is 0 Å². The van der Waals surface area contributed by atoms with Crippen molar-refractivity contribution in [3.8, 4) is 27.9 Å². The molecule has 0 unspecified atom stereocenters. The maximum absolute atomic E-state index is 6.64. The molecule has 4 heterocycles. The van der Waals surface area contributed by atoms with Crippen LogP contribution < -0.4 is 5.46 Å². The fourth-order valence-electron chi connectivity index (χ4n) is 6.92. The molecule has 0 saturated carbocycles. The molecule has 0 aliphatic carbocycles. The number of para-hydroxylation sites is 2. The Kier molecular flexibility index (Phi) is 4.44. The van der Waals surface area contributed by atoms with E-state index in [0.29, 0.717) is 5.27 Å². The van der Waals surface area contributed by atoms with Gasteiger partial charge in [-0.3, -0.25) is 0 Å². The van der Waals surface area contributed by atoms with E-state index in [1.165, 1.54) is 59.5 Å². The van der Waals surface area contributed by atoms with Crippen LogP contribution in [0.1, 0.15) is 0 Å². The number of furan rings is 1. The second-order valence-corrected chi connectivity index (χ2v) is 13.4. The molecule has 0 spiro atoms. The van der Waals surface area contributed by atoms with Crippen molar-refractivity contribution in [3.05, 3.63) is 121 Å². The highest BCUT2D eigenvalue weighted by molar-refractivity contribution is 8.56. The van der Waals surface area contributed by atoms with Crippen molar-refractivity contribution >= 4 is 77.7 Å². The highest BCUT2D eigenvalue weighted by Crippen LogP contribution is 2.50. The van der Waals surface area contributed by atoms with Gasteiger partial charge in [0.2, 0.25) is 0 Å². The van der Waals surface area contributed by atoms with E-state index in [-0.39, 0.29) is 0 Å². The molecular formula is C36H20BNOS2. The van der Waals surface area contributed by atoms with Crippen molar-refractivity contribution in [1.29, 1.82) is 0 Å². The normalized spacial score (nSPS) is 13.6. The smallest absolute Gasteiger partial charge is 0.318 e. The average Bonchev–Trinajstić information content (AvgIpc) is 3.57. The molecule has 0 saturated heterocycles. The molecule has 41 heavy (non-hydrogen) atoms. The first-order chi connectivity index (χ1) is 20.3. The summed E-state index contributed by atoms with van der Waals surface area (Å²) < 4.78 is 9.08.